The molecule has 3 aromatic carbocycles. The summed E-state index contributed by atoms with van der Waals surface area (Å²) in [6, 6.07) is 15.2. The topological polar surface area (TPSA) is 88.2 Å². The molecule has 1 fully saturated rings. The number of halogens is 4. The van der Waals surface area contributed by atoms with Crippen molar-refractivity contribution in [3.8, 4) is 11.5 Å². The van der Waals surface area contributed by atoms with Crippen molar-refractivity contribution in [1.29, 1.82) is 0 Å². The van der Waals surface area contributed by atoms with Gasteiger partial charge in [-0.15, -0.1) is 12.4 Å². The predicted molar refractivity (Wildman–Crippen MR) is 140 cm³/mol. The van der Waals surface area contributed by atoms with Crippen molar-refractivity contribution in [1.82, 2.24) is 9.80 Å². The normalized spacial score (nSPS) is 15.5. The second-order valence-corrected chi connectivity index (χ2v) is 10.7. The summed E-state index contributed by atoms with van der Waals surface area (Å²) in [5.74, 6) is 1.12. The zero-order chi connectivity index (χ0) is 26.9. The number of anilines is 1. The van der Waals surface area contributed by atoms with E-state index in [1.54, 1.807) is 4.90 Å². The number of nitrogens with zero attached hydrogens (tertiary/aromatic N) is 2. The first-order valence-electron chi connectivity index (χ1n) is 11.8. The largest absolute Gasteiger partial charge is 0.454 e. The quantitative estimate of drug-likeness (QED) is 0.456. The summed E-state index contributed by atoms with van der Waals surface area (Å²) in [5.41, 5.74) is 0.0516. The van der Waals surface area contributed by atoms with E-state index in [1.807, 2.05) is 18.2 Å². The van der Waals surface area contributed by atoms with Crippen LogP contribution in [-0.4, -0.2) is 57.1 Å². The maximum absolute atomic E-state index is 13.1. The first-order valence-corrected chi connectivity index (χ1v) is 13.3. The van der Waals surface area contributed by atoms with E-state index < -0.39 is 21.8 Å². The van der Waals surface area contributed by atoms with Crippen LogP contribution >= 0.6 is 12.4 Å². The highest BCUT2D eigenvalue weighted by Crippen LogP contribution is 2.33. The lowest BCUT2D eigenvalue weighted by molar-refractivity contribution is -0.137. The number of sulfonamides is 1. The van der Waals surface area contributed by atoms with Crippen LogP contribution in [0.4, 0.5) is 18.9 Å². The highest BCUT2D eigenvalue weighted by atomic mass is 35.5. The Hall–Kier alpha value is -3.48. The third kappa shape index (κ3) is 6.57. The van der Waals surface area contributed by atoms with Crippen molar-refractivity contribution in [2.45, 2.75) is 17.6 Å². The SMILES string of the molecule is Cl.O=C(c1cccc(S(=O)(=O)Nc2cccc(C(F)(F)F)c2)c1)N1CCN(Cc2ccc3c(c2)OCO3)CC1. The van der Waals surface area contributed by atoms with Crippen LogP contribution in [0.3, 0.4) is 0 Å². The molecule has 5 rings (SSSR count). The van der Waals surface area contributed by atoms with Gasteiger partial charge in [-0.25, -0.2) is 8.42 Å². The predicted octanol–water partition coefficient (Wildman–Crippen LogP) is 4.61. The van der Waals surface area contributed by atoms with Gasteiger partial charge >= 0.3 is 6.18 Å². The van der Waals surface area contributed by atoms with Crippen LogP contribution in [0.5, 0.6) is 11.5 Å². The number of amides is 1. The van der Waals surface area contributed by atoms with Gasteiger partial charge in [-0.05, 0) is 54.1 Å². The van der Waals surface area contributed by atoms with Crippen LogP contribution in [0.25, 0.3) is 0 Å². The lowest BCUT2D eigenvalue weighted by atomic mass is 10.1. The molecule has 1 N–H and O–H groups in total. The molecule has 1 saturated heterocycles. The van der Waals surface area contributed by atoms with Gasteiger partial charge in [0.2, 0.25) is 6.79 Å². The number of hydrogen-bond acceptors (Lipinski definition) is 6. The van der Waals surface area contributed by atoms with E-state index in [0.29, 0.717) is 38.5 Å². The van der Waals surface area contributed by atoms with Crippen molar-refractivity contribution >= 4 is 34.0 Å². The van der Waals surface area contributed by atoms with Crippen LogP contribution in [0, 0.1) is 0 Å². The van der Waals surface area contributed by atoms with Crippen molar-refractivity contribution in [2.24, 2.45) is 0 Å². The molecule has 0 spiro atoms. The van der Waals surface area contributed by atoms with E-state index in [2.05, 4.69) is 9.62 Å². The van der Waals surface area contributed by atoms with Gasteiger partial charge in [0.15, 0.2) is 11.5 Å². The Morgan fingerprint density at radius 1 is 0.897 bits per heavy atom. The minimum Gasteiger partial charge on any atom is -0.454 e. The Kier molecular flexibility index (Phi) is 8.28. The van der Waals surface area contributed by atoms with Crippen molar-refractivity contribution in [3.63, 3.8) is 0 Å². The number of ether oxygens (including phenoxy) is 2. The smallest absolute Gasteiger partial charge is 0.416 e. The third-order valence-corrected chi connectivity index (χ3v) is 7.72. The molecule has 1 amide bonds. The highest BCUT2D eigenvalue weighted by Gasteiger charge is 2.31. The summed E-state index contributed by atoms with van der Waals surface area (Å²) < 4.78 is 77.6. The number of rotatable bonds is 6. The van der Waals surface area contributed by atoms with Crippen molar-refractivity contribution < 1.29 is 35.9 Å². The van der Waals surface area contributed by atoms with Gasteiger partial charge in [-0.3, -0.25) is 14.4 Å². The number of hydrogen-bond donors (Lipinski definition) is 1. The average molecular weight is 584 g/mol. The lowest BCUT2D eigenvalue weighted by Crippen LogP contribution is -2.48. The molecule has 0 unspecified atom stereocenters. The van der Waals surface area contributed by atoms with Gasteiger partial charge in [0.25, 0.3) is 15.9 Å². The van der Waals surface area contributed by atoms with Gasteiger partial charge in [0.1, 0.15) is 0 Å². The molecule has 0 aromatic heterocycles. The second kappa shape index (κ2) is 11.3. The van der Waals surface area contributed by atoms with Crippen LogP contribution in [0.2, 0.25) is 0 Å². The Morgan fingerprint density at radius 2 is 1.62 bits per heavy atom. The number of nitrogens with one attached hydrogen (secondary N) is 1. The number of benzene rings is 3. The summed E-state index contributed by atoms with van der Waals surface area (Å²) in [6.45, 7) is 3.09. The Labute approximate surface area is 229 Å². The molecule has 208 valence electrons. The molecule has 0 bridgehead atoms. The summed E-state index contributed by atoms with van der Waals surface area (Å²) >= 11 is 0. The standard InChI is InChI=1S/C26H24F3N3O5S.ClH/c27-26(28,29)20-4-2-5-21(15-20)30-38(34,35)22-6-1-3-19(14-22)25(33)32-11-9-31(10-12-32)16-18-7-8-23-24(13-18)37-17-36-23;/h1-8,13-15,30H,9-12,16-17H2;1H. The molecule has 39 heavy (non-hydrogen) atoms. The van der Waals surface area contributed by atoms with E-state index in [1.165, 1.54) is 30.3 Å². The average Bonchev–Trinajstić information content (AvgIpc) is 3.36. The maximum Gasteiger partial charge on any atom is 0.416 e. The van der Waals surface area contributed by atoms with Gasteiger partial charge in [0.05, 0.1) is 10.5 Å². The Morgan fingerprint density at radius 3 is 2.36 bits per heavy atom. The summed E-state index contributed by atoms with van der Waals surface area (Å²) in [6.07, 6.45) is -4.61. The minimum atomic E-state index is -4.61. The van der Waals surface area contributed by atoms with Crippen LogP contribution in [0.1, 0.15) is 21.5 Å². The molecule has 0 radical (unpaired) electrons. The third-order valence-electron chi connectivity index (χ3n) is 6.34. The molecular weight excluding hydrogens is 559 g/mol. The van der Waals surface area contributed by atoms with Crippen LogP contribution in [-0.2, 0) is 22.7 Å². The van der Waals surface area contributed by atoms with Gasteiger partial charge in [-0.1, -0.05) is 18.2 Å². The van der Waals surface area contributed by atoms with Gasteiger partial charge < -0.3 is 14.4 Å². The molecule has 0 saturated carbocycles. The number of alkyl halides is 3. The molecule has 13 heteroatoms. The number of carbonyl (C=O) groups excluding carboxylic acids is 1. The number of piperazine rings is 1. The molecule has 0 atom stereocenters. The second-order valence-electron chi connectivity index (χ2n) is 8.97. The first kappa shape index (κ1) is 28.5. The molecule has 2 heterocycles. The molecule has 8 nitrogen and oxygen atoms in total. The van der Waals surface area contributed by atoms with Crippen LogP contribution < -0.4 is 14.2 Å². The Balaban J connectivity index is 0.00000353. The van der Waals surface area contributed by atoms with Gasteiger partial charge in [-0.2, -0.15) is 13.2 Å². The molecule has 0 aliphatic carbocycles. The summed E-state index contributed by atoms with van der Waals surface area (Å²) in [7, 11) is -4.23. The molecule has 3 aromatic rings. The zero-order valence-electron chi connectivity index (χ0n) is 20.5. The zero-order valence-corrected chi connectivity index (χ0v) is 22.1. The fraction of sp³-hybridized carbons (Fsp3) is 0.269. The van der Waals surface area contributed by atoms with E-state index in [9.17, 15) is 26.4 Å². The van der Waals surface area contributed by atoms with E-state index >= 15 is 0 Å². The van der Waals surface area contributed by atoms with E-state index in [0.717, 1.165) is 29.5 Å². The fourth-order valence-electron chi connectivity index (χ4n) is 4.36. The maximum atomic E-state index is 13.1. The minimum absolute atomic E-state index is 0. The van der Waals surface area contributed by atoms with E-state index in [-0.39, 0.29) is 41.3 Å². The highest BCUT2D eigenvalue weighted by molar-refractivity contribution is 7.92. The summed E-state index contributed by atoms with van der Waals surface area (Å²) in [5, 5.41) is 0. The van der Waals surface area contributed by atoms with Crippen molar-refractivity contribution in [2.75, 3.05) is 37.7 Å². The molecular formula is C26H25ClF3N3O5S. The molecule has 2 aliphatic rings. The van der Waals surface area contributed by atoms with E-state index in [4.69, 9.17) is 9.47 Å². The Bertz CT molecular complexity index is 1460. The van der Waals surface area contributed by atoms with Crippen molar-refractivity contribution in [3.05, 3.63) is 83.4 Å². The summed E-state index contributed by atoms with van der Waals surface area (Å²) in [4.78, 5) is 16.8. The monoisotopic (exact) mass is 583 g/mol. The number of fused-ring (bicyclic) bond motifs is 1. The lowest BCUT2D eigenvalue weighted by Gasteiger charge is -2.34. The molecule has 2 aliphatic heterocycles. The number of carbonyl (C=O) groups is 1. The van der Waals surface area contributed by atoms with Gasteiger partial charge in [0, 0.05) is 44.0 Å². The van der Waals surface area contributed by atoms with Crippen LogP contribution in [0.15, 0.2) is 71.6 Å². The first-order chi connectivity index (χ1) is 18.1. The fourth-order valence-corrected chi connectivity index (χ4v) is 5.45.